The van der Waals surface area contributed by atoms with Crippen LogP contribution in [-0.4, -0.2) is 20.4 Å². The molecule has 0 bridgehead atoms. The quantitative estimate of drug-likeness (QED) is 0.792. The van der Waals surface area contributed by atoms with Crippen molar-refractivity contribution in [3.8, 4) is 0 Å². The zero-order chi connectivity index (χ0) is 13.2. The summed E-state index contributed by atoms with van der Waals surface area (Å²) < 4.78 is 2.33. The number of alkyl halides is 1. The Kier molecular flexibility index (Phi) is 3.74. The van der Waals surface area contributed by atoms with E-state index in [0.717, 1.165) is 29.3 Å². The third-order valence-electron chi connectivity index (χ3n) is 4.33. The molecular weight excluding hydrogens is 258 g/mol. The van der Waals surface area contributed by atoms with Crippen molar-refractivity contribution in [3.05, 3.63) is 24.2 Å². The van der Waals surface area contributed by atoms with E-state index in [0.29, 0.717) is 11.9 Å². The Bertz CT molecular complexity index is 558. The molecule has 1 saturated carbocycles. The van der Waals surface area contributed by atoms with Crippen molar-refractivity contribution >= 4 is 22.8 Å². The lowest BCUT2D eigenvalue weighted by Crippen LogP contribution is -2.17. The molecule has 1 fully saturated rings. The first-order valence-corrected chi connectivity index (χ1v) is 7.72. The van der Waals surface area contributed by atoms with Crippen LogP contribution in [0.15, 0.2) is 18.3 Å². The fraction of sp³-hybridized carbons (Fsp3) is 0.600. The summed E-state index contributed by atoms with van der Waals surface area (Å²) in [4.78, 5) is 9.24. The van der Waals surface area contributed by atoms with E-state index in [9.17, 15) is 0 Å². The van der Waals surface area contributed by atoms with Crippen molar-refractivity contribution in [1.29, 1.82) is 0 Å². The number of aryl methyl sites for hydroxylation is 1. The Morgan fingerprint density at radius 3 is 2.95 bits per heavy atom. The summed E-state index contributed by atoms with van der Waals surface area (Å²) in [5.74, 6) is 2.46. The minimum atomic E-state index is 0.473. The van der Waals surface area contributed by atoms with Gasteiger partial charge < -0.3 is 4.57 Å². The molecule has 0 N–H and O–H groups in total. The molecular formula is C15H20ClN3. The van der Waals surface area contributed by atoms with Crippen LogP contribution in [0.3, 0.4) is 0 Å². The summed E-state index contributed by atoms with van der Waals surface area (Å²) >= 11 is 5.93. The average Bonchev–Trinajstić information content (AvgIpc) is 3.06. The number of hydrogen-bond donors (Lipinski definition) is 0. The van der Waals surface area contributed by atoms with Gasteiger partial charge in [0.05, 0.1) is 0 Å². The van der Waals surface area contributed by atoms with Crippen LogP contribution in [0, 0.1) is 5.92 Å². The monoisotopic (exact) mass is 277 g/mol. The molecule has 0 saturated heterocycles. The minimum Gasteiger partial charge on any atom is -0.310 e. The van der Waals surface area contributed by atoms with Gasteiger partial charge in [0.25, 0.3) is 0 Å². The van der Waals surface area contributed by atoms with Gasteiger partial charge in [-0.05, 0) is 37.8 Å². The van der Waals surface area contributed by atoms with E-state index in [4.69, 9.17) is 16.6 Å². The molecule has 0 amide bonds. The Morgan fingerprint density at radius 2 is 2.21 bits per heavy atom. The molecule has 2 heterocycles. The maximum absolute atomic E-state index is 5.93. The molecule has 0 radical (unpaired) electrons. The first-order chi connectivity index (χ1) is 9.31. The highest BCUT2D eigenvalue weighted by Crippen LogP contribution is 2.36. The standard InChI is InChI=1S/C15H20ClN3/c1-11(12-5-2-3-6-12)19-14(8-9-16)18-13-7-4-10-17-15(13)19/h4,7,10-12H,2-3,5-6,8-9H2,1H3. The Morgan fingerprint density at radius 1 is 1.42 bits per heavy atom. The maximum Gasteiger partial charge on any atom is 0.160 e. The van der Waals surface area contributed by atoms with Crippen LogP contribution in [0.5, 0.6) is 0 Å². The number of imidazole rings is 1. The molecule has 3 nitrogen and oxygen atoms in total. The lowest BCUT2D eigenvalue weighted by molar-refractivity contribution is 0.359. The fourth-order valence-corrected chi connectivity index (χ4v) is 3.48. The predicted octanol–water partition coefficient (Wildman–Crippen LogP) is 3.96. The van der Waals surface area contributed by atoms with Gasteiger partial charge in [-0.1, -0.05) is 12.8 Å². The smallest absolute Gasteiger partial charge is 0.160 e. The van der Waals surface area contributed by atoms with Gasteiger partial charge in [0.2, 0.25) is 0 Å². The Labute approximate surface area is 119 Å². The van der Waals surface area contributed by atoms with E-state index < -0.39 is 0 Å². The number of hydrogen-bond acceptors (Lipinski definition) is 2. The van der Waals surface area contributed by atoms with Crippen LogP contribution in [0.4, 0.5) is 0 Å². The molecule has 4 heteroatoms. The van der Waals surface area contributed by atoms with Gasteiger partial charge in [0.15, 0.2) is 5.65 Å². The molecule has 1 unspecified atom stereocenters. The van der Waals surface area contributed by atoms with E-state index in [1.54, 1.807) is 0 Å². The summed E-state index contributed by atoms with van der Waals surface area (Å²) in [5.41, 5.74) is 2.01. The van der Waals surface area contributed by atoms with Crippen molar-refractivity contribution in [3.63, 3.8) is 0 Å². The molecule has 1 aliphatic carbocycles. The molecule has 3 rings (SSSR count). The summed E-state index contributed by atoms with van der Waals surface area (Å²) in [5, 5.41) is 0. The number of aromatic nitrogens is 3. The number of halogens is 1. The van der Waals surface area contributed by atoms with Gasteiger partial charge in [0, 0.05) is 24.5 Å². The summed E-state index contributed by atoms with van der Waals surface area (Å²) in [6, 6.07) is 4.46. The van der Waals surface area contributed by atoms with E-state index in [1.165, 1.54) is 25.7 Å². The SMILES string of the molecule is CC(C1CCCC1)n1c(CCCl)nc2cccnc21. The number of pyridine rings is 1. The normalized spacial score (nSPS) is 18.2. The number of rotatable bonds is 4. The second kappa shape index (κ2) is 5.49. The van der Waals surface area contributed by atoms with Gasteiger partial charge in [-0.25, -0.2) is 9.97 Å². The topological polar surface area (TPSA) is 30.7 Å². The number of fused-ring (bicyclic) bond motifs is 1. The van der Waals surface area contributed by atoms with Crippen LogP contribution in [0.25, 0.3) is 11.2 Å². The molecule has 1 atom stereocenters. The van der Waals surface area contributed by atoms with E-state index in [-0.39, 0.29) is 0 Å². The Balaban J connectivity index is 2.05. The van der Waals surface area contributed by atoms with Crippen molar-refractivity contribution in [2.24, 2.45) is 5.92 Å². The van der Waals surface area contributed by atoms with Crippen molar-refractivity contribution < 1.29 is 0 Å². The van der Waals surface area contributed by atoms with Crippen LogP contribution < -0.4 is 0 Å². The summed E-state index contributed by atoms with van der Waals surface area (Å²) in [7, 11) is 0. The molecule has 0 aliphatic heterocycles. The highest BCUT2D eigenvalue weighted by atomic mass is 35.5. The minimum absolute atomic E-state index is 0.473. The van der Waals surface area contributed by atoms with Crippen LogP contribution in [0.2, 0.25) is 0 Å². The second-order valence-electron chi connectivity index (χ2n) is 5.47. The van der Waals surface area contributed by atoms with Gasteiger partial charge in [-0.15, -0.1) is 11.6 Å². The summed E-state index contributed by atoms with van der Waals surface area (Å²) in [6.07, 6.45) is 8.04. The van der Waals surface area contributed by atoms with Crippen LogP contribution in [-0.2, 0) is 6.42 Å². The fourth-order valence-electron chi connectivity index (χ4n) is 3.32. The zero-order valence-electron chi connectivity index (χ0n) is 11.3. The van der Waals surface area contributed by atoms with Gasteiger partial charge in [0.1, 0.15) is 11.3 Å². The lowest BCUT2D eigenvalue weighted by Gasteiger charge is -2.22. The average molecular weight is 278 g/mol. The molecule has 102 valence electrons. The van der Waals surface area contributed by atoms with Crippen LogP contribution >= 0.6 is 11.6 Å². The van der Waals surface area contributed by atoms with E-state index >= 15 is 0 Å². The van der Waals surface area contributed by atoms with Gasteiger partial charge >= 0.3 is 0 Å². The van der Waals surface area contributed by atoms with Crippen molar-refractivity contribution in [1.82, 2.24) is 14.5 Å². The molecule has 2 aromatic rings. The third-order valence-corrected chi connectivity index (χ3v) is 4.52. The molecule has 1 aliphatic rings. The van der Waals surface area contributed by atoms with Crippen molar-refractivity contribution in [2.75, 3.05) is 5.88 Å². The summed E-state index contributed by atoms with van der Waals surface area (Å²) in [6.45, 7) is 2.31. The lowest BCUT2D eigenvalue weighted by atomic mass is 9.99. The predicted molar refractivity (Wildman–Crippen MR) is 78.6 cm³/mol. The first kappa shape index (κ1) is 12.9. The molecule has 19 heavy (non-hydrogen) atoms. The Hall–Kier alpha value is -1.09. The first-order valence-electron chi connectivity index (χ1n) is 7.19. The molecule has 0 aromatic carbocycles. The second-order valence-corrected chi connectivity index (χ2v) is 5.85. The van der Waals surface area contributed by atoms with E-state index in [2.05, 4.69) is 16.5 Å². The van der Waals surface area contributed by atoms with Gasteiger partial charge in [-0.2, -0.15) is 0 Å². The number of nitrogens with zero attached hydrogens (tertiary/aromatic N) is 3. The maximum atomic E-state index is 5.93. The molecule has 0 spiro atoms. The zero-order valence-corrected chi connectivity index (χ0v) is 12.1. The third kappa shape index (κ3) is 2.36. The largest absolute Gasteiger partial charge is 0.310 e. The highest BCUT2D eigenvalue weighted by Gasteiger charge is 2.26. The van der Waals surface area contributed by atoms with Crippen LogP contribution in [0.1, 0.15) is 44.5 Å². The van der Waals surface area contributed by atoms with E-state index in [1.807, 2.05) is 18.3 Å². The molecule has 2 aromatic heterocycles. The van der Waals surface area contributed by atoms with Gasteiger partial charge in [-0.3, -0.25) is 0 Å². The highest BCUT2D eigenvalue weighted by molar-refractivity contribution is 6.17. The van der Waals surface area contributed by atoms with Crippen molar-refractivity contribution in [2.45, 2.75) is 45.1 Å².